The van der Waals surface area contributed by atoms with E-state index in [1.54, 1.807) is 12.3 Å². The van der Waals surface area contributed by atoms with Crippen LogP contribution in [0.2, 0.25) is 0 Å². The van der Waals surface area contributed by atoms with Crippen molar-refractivity contribution in [3.63, 3.8) is 0 Å². The summed E-state index contributed by atoms with van der Waals surface area (Å²) in [7, 11) is 0. The molecular formula is C15H12FN. The molecular weight excluding hydrogens is 213 g/mol. The van der Waals surface area contributed by atoms with Crippen LogP contribution < -0.4 is 0 Å². The first-order valence-electron chi connectivity index (χ1n) is 5.73. The highest BCUT2D eigenvalue weighted by Crippen LogP contribution is 2.21. The van der Waals surface area contributed by atoms with Gasteiger partial charge >= 0.3 is 0 Å². The second-order valence-corrected chi connectivity index (χ2v) is 4.22. The van der Waals surface area contributed by atoms with Crippen LogP contribution in [0.15, 0.2) is 36.5 Å². The van der Waals surface area contributed by atoms with Gasteiger partial charge in [-0.25, -0.2) is 4.39 Å². The molecule has 0 fully saturated rings. The minimum Gasteiger partial charge on any atom is -0.257 e. The normalized spacial score (nSPS) is 15.4. The zero-order valence-electron chi connectivity index (χ0n) is 9.36. The third-order valence-corrected chi connectivity index (χ3v) is 3.12. The van der Waals surface area contributed by atoms with Gasteiger partial charge in [-0.15, -0.1) is 0 Å². The molecule has 2 aromatic rings. The summed E-state index contributed by atoms with van der Waals surface area (Å²) in [5.74, 6) is -0.163. The van der Waals surface area contributed by atoms with Crippen molar-refractivity contribution < 1.29 is 4.39 Å². The van der Waals surface area contributed by atoms with Crippen molar-refractivity contribution in [1.29, 1.82) is 0 Å². The van der Waals surface area contributed by atoms with E-state index in [-0.39, 0.29) is 5.82 Å². The van der Waals surface area contributed by atoms with Crippen molar-refractivity contribution in [2.24, 2.45) is 0 Å². The number of hydrogen-bond acceptors (Lipinski definition) is 1. The maximum Gasteiger partial charge on any atom is 0.123 e. The number of hydrogen-bond donors (Lipinski definition) is 0. The Morgan fingerprint density at radius 3 is 2.82 bits per heavy atom. The lowest BCUT2D eigenvalue weighted by atomic mass is 9.95. The first-order valence-corrected chi connectivity index (χ1v) is 5.73. The zero-order valence-corrected chi connectivity index (χ0v) is 9.36. The summed E-state index contributed by atoms with van der Waals surface area (Å²) in [6.07, 6.45) is 7.58. The van der Waals surface area contributed by atoms with Gasteiger partial charge in [-0.05, 0) is 53.8 Å². The van der Waals surface area contributed by atoms with Gasteiger partial charge in [0.05, 0.1) is 5.69 Å². The summed E-state index contributed by atoms with van der Waals surface area (Å²) in [6.45, 7) is 0. The van der Waals surface area contributed by atoms with Crippen molar-refractivity contribution >= 4 is 12.2 Å². The van der Waals surface area contributed by atoms with Crippen LogP contribution in [0.4, 0.5) is 4.39 Å². The Labute approximate surface area is 99.6 Å². The predicted octanol–water partition coefficient (Wildman–Crippen LogP) is 3.49. The van der Waals surface area contributed by atoms with E-state index >= 15 is 0 Å². The minimum atomic E-state index is -0.163. The molecule has 0 radical (unpaired) electrons. The van der Waals surface area contributed by atoms with Crippen LogP contribution in [0.25, 0.3) is 12.2 Å². The third-order valence-electron chi connectivity index (χ3n) is 3.12. The lowest BCUT2D eigenvalue weighted by Gasteiger charge is -2.11. The molecule has 0 amide bonds. The number of aromatic nitrogens is 1. The Hall–Kier alpha value is -1.96. The van der Waals surface area contributed by atoms with Crippen molar-refractivity contribution in [3.8, 4) is 0 Å². The van der Waals surface area contributed by atoms with Crippen LogP contribution in [-0.4, -0.2) is 4.98 Å². The molecule has 17 heavy (non-hydrogen) atoms. The van der Waals surface area contributed by atoms with Gasteiger partial charge < -0.3 is 0 Å². The topological polar surface area (TPSA) is 12.9 Å². The molecule has 0 saturated carbocycles. The Bertz CT molecular complexity index is 587. The van der Waals surface area contributed by atoms with E-state index in [1.807, 2.05) is 24.3 Å². The summed E-state index contributed by atoms with van der Waals surface area (Å²) in [5, 5.41) is 0. The van der Waals surface area contributed by atoms with Gasteiger partial charge in [-0.3, -0.25) is 4.98 Å². The van der Waals surface area contributed by atoms with Gasteiger partial charge in [0, 0.05) is 6.20 Å². The highest BCUT2D eigenvalue weighted by Gasteiger charge is 2.08. The lowest BCUT2D eigenvalue weighted by Crippen LogP contribution is -2.00. The molecule has 1 aromatic heterocycles. The van der Waals surface area contributed by atoms with Gasteiger partial charge in [0.15, 0.2) is 0 Å². The number of nitrogens with zero attached hydrogens (tertiary/aromatic N) is 1. The number of fused-ring (bicyclic) bond motifs is 2. The van der Waals surface area contributed by atoms with Crippen molar-refractivity contribution in [2.75, 3.05) is 0 Å². The molecule has 0 aliphatic heterocycles. The molecule has 1 nitrogen and oxygen atoms in total. The van der Waals surface area contributed by atoms with Crippen molar-refractivity contribution in [1.82, 2.24) is 4.98 Å². The van der Waals surface area contributed by atoms with Crippen LogP contribution in [0.5, 0.6) is 0 Å². The maximum absolute atomic E-state index is 13.2. The predicted molar refractivity (Wildman–Crippen MR) is 67.0 cm³/mol. The molecule has 1 aliphatic rings. The highest BCUT2D eigenvalue weighted by molar-refractivity contribution is 5.71. The summed E-state index contributed by atoms with van der Waals surface area (Å²) < 4.78 is 13.2. The Morgan fingerprint density at radius 2 is 1.88 bits per heavy atom. The van der Waals surface area contributed by atoms with E-state index < -0.39 is 0 Å². The highest BCUT2D eigenvalue weighted by atomic mass is 19.1. The Balaban J connectivity index is 2.09. The maximum atomic E-state index is 13.2. The molecule has 0 N–H and O–H groups in total. The van der Waals surface area contributed by atoms with E-state index in [2.05, 4.69) is 11.1 Å². The van der Waals surface area contributed by atoms with Crippen LogP contribution in [0.1, 0.15) is 22.4 Å². The van der Waals surface area contributed by atoms with Gasteiger partial charge in [-0.1, -0.05) is 18.2 Å². The molecule has 0 unspecified atom stereocenters. The number of benzene rings is 1. The van der Waals surface area contributed by atoms with E-state index in [9.17, 15) is 4.39 Å². The first kappa shape index (κ1) is 10.2. The Kier molecular flexibility index (Phi) is 2.48. The molecule has 1 aliphatic carbocycles. The molecule has 84 valence electrons. The average molecular weight is 225 g/mol. The summed E-state index contributed by atoms with van der Waals surface area (Å²) in [6, 6.07) is 8.98. The second kappa shape index (κ2) is 4.13. The molecule has 0 bridgehead atoms. The smallest absolute Gasteiger partial charge is 0.123 e. The fourth-order valence-corrected chi connectivity index (χ4v) is 2.20. The summed E-state index contributed by atoms with van der Waals surface area (Å²) in [4.78, 5) is 4.35. The number of halogens is 1. The fourth-order valence-electron chi connectivity index (χ4n) is 2.20. The zero-order chi connectivity index (χ0) is 11.7. The lowest BCUT2D eigenvalue weighted by molar-refractivity contribution is 0.625. The molecule has 1 aromatic carbocycles. The van der Waals surface area contributed by atoms with Crippen molar-refractivity contribution in [2.45, 2.75) is 12.8 Å². The van der Waals surface area contributed by atoms with E-state index in [4.69, 9.17) is 0 Å². The van der Waals surface area contributed by atoms with E-state index in [1.165, 1.54) is 11.6 Å². The standard InChI is InChI=1S/C15H12FN/c16-14-7-5-11-6-8-15-12(2-1-9-17-15)3-4-13(11)10-14/h1-2,5-10H,3-4H2/b8-6-. The molecule has 2 heteroatoms. The van der Waals surface area contributed by atoms with Crippen molar-refractivity contribution in [3.05, 3.63) is 64.7 Å². The molecule has 0 spiro atoms. The average Bonchev–Trinajstić information content (AvgIpc) is 2.33. The second-order valence-electron chi connectivity index (χ2n) is 4.22. The van der Waals surface area contributed by atoms with Gasteiger partial charge in [0.25, 0.3) is 0 Å². The number of aryl methyl sites for hydroxylation is 2. The van der Waals surface area contributed by atoms with Crippen LogP contribution in [0.3, 0.4) is 0 Å². The monoisotopic (exact) mass is 225 g/mol. The van der Waals surface area contributed by atoms with Crippen LogP contribution >= 0.6 is 0 Å². The van der Waals surface area contributed by atoms with E-state index in [0.29, 0.717) is 0 Å². The molecule has 3 rings (SSSR count). The Morgan fingerprint density at radius 1 is 1.00 bits per heavy atom. The largest absolute Gasteiger partial charge is 0.257 e. The van der Waals surface area contributed by atoms with Crippen LogP contribution in [-0.2, 0) is 12.8 Å². The fraction of sp³-hybridized carbons (Fsp3) is 0.133. The summed E-state index contributed by atoms with van der Waals surface area (Å²) >= 11 is 0. The first-order chi connectivity index (χ1) is 8.33. The number of rotatable bonds is 0. The number of pyridine rings is 1. The summed E-state index contributed by atoms with van der Waals surface area (Å²) in [5.41, 5.74) is 4.39. The third kappa shape index (κ3) is 1.98. The van der Waals surface area contributed by atoms with Gasteiger partial charge in [0.1, 0.15) is 5.82 Å². The van der Waals surface area contributed by atoms with Gasteiger partial charge in [0.2, 0.25) is 0 Å². The minimum absolute atomic E-state index is 0.163. The molecule has 0 saturated heterocycles. The SMILES string of the molecule is Fc1ccc2c(c1)CCc1cccnc1/C=C\2. The van der Waals surface area contributed by atoms with Gasteiger partial charge in [-0.2, -0.15) is 0 Å². The molecule has 0 atom stereocenters. The quantitative estimate of drug-likeness (QED) is 0.668. The van der Waals surface area contributed by atoms with Crippen LogP contribution in [0, 0.1) is 5.82 Å². The molecule has 1 heterocycles. The van der Waals surface area contributed by atoms with E-state index in [0.717, 1.165) is 29.7 Å².